The molecule has 6 heteroatoms. The summed E-state index contributed by atoms with van der Waals surface area (Å²) in [5.41, 5.74) is 2.21. The summed E-state index contributed by atoms with van der Waals surface area (Å²) in [6, 6.07) is 11.1. The number of nitrogens with zero attached hydrogens (tertiary/aromatic N) is 3. The minimum absolute atomic E-state index is 0.259. The second-order valence-corrected chi connectivity index (χ2v) is 4.86. The third-order valence-electron chi connectivity index (χ3n) is 3.25. The number of pyridine rings is 1. The first-order valence-corrected chi connectivity index (χ1v) is 6.79. The standard InChI is InChI=1S/C16H15N3O3/c1-11-4-3-5-13(8-11)22-10-15-18-17-14-7-6-12(9-19(14)15)16(20)21-2/h3-9H,10H2,1-2H3. The molecule has 112 valence electrons. The van der Waals surface area contributed by atoms with E-state index in [4.69, 9.17) is 9.47 Å². The Kier molecular flexibility index (Phi) is 3.74. The first kappa shape index (κ1) is 14.1. The fourth-order valence-corrected chi connectivity index (χ4v) is 2.13. The summed E-state index contributed by atoms with van der Waals surface area (Å²) in [6.07, 6.45) is 1.65. The lowest BCUT2D eigenvalue weighted by atomic mass is 10.2. The van der Waals surface area contributed by atoms with Crippen LogP contribution in [0.25, 0.3) is 5.65 Å². The highest BCUT2D eigenvalue weighted by molar-refractivity contribution is 5.89. The fourth-order valence-electron chi connectivity index (χ4n) is 2.13. The Morgan fingerprint density at radius 2 is 2.09 bits per heavy atom. The maximum Gasteiger partial charge on any atom is 0.339 e. The molecular weight excluding hydrogens is 282 g/mol. The molecule has 2 aromatic heterocycles. The van der Waals surface area contributed by atoms with Gasteiger partial charge in [-0.1, -0.05) is 12.1 Å². The van der Waals surface area contributed by atoms with Crippen LogP contribution in [0.3, 0.4) is 0 Å². The highest BCUT2D eigenvalue weighted by atomic mass is 16.5. The molecule has 22 heavy (non-hydrogen) atoms. The van der Waals surface area contributed by atoms with E-state index in [9.17, 15) is 4.79 Å². The molecule has 0 fully saturated rings. The van der Waals surface area contributed by atoms with E-state index >= 15 is 0 Å². The molecule has 3 rings (SSSR count). The largest absolute Gasteiger partial charge is 0.486 e. The molecule has 0 radical (unpaired) electrons. The van der Waals surface area contributed by atoms with Crippen molar-refractivity contribution in [3.8, 4) is 5.75 Å². The van der Waals surface area contributed by atoms with Gasteiger partial charge in [-0.25, -0.2) is 4.79 Å². The van der Waals surface area contributed by atoms with Gasteiger partial charge in [0, 0.05) is 6.20 Å². The Morgan fingerprint density at radius 1 is 1.23 bits per heavy atom. The first-order valence-electron chi connectivity index (χ1n) is 6.79. The molecule has 0 N–H and O–H groups in total. The summed E-state index contributed by atoms with van der Waals surface area (Å²) in [5, 5.41) is 8.15. The highest BCUT2D eigenvalue weighted by Gasteiger charge is 2.11. The summed E-state index contributed by atoms with van der Waals surface area (Å²) in [4.78, 5) is 11.6. The zero-order valence-electron chi connectivity index (χ0n) is 12.3. The molecule has 0 atom stereocenters. The SMILES string of the molecule is COC(=O)c1ccc2nnc(COc3cccc(C)c3)n2c1. The third-order valence-corrected chi connectivity index (χ3v) is 3.25. The number of esters is 1. The number of benzene rings is 1. The smallest absolute Gasteiger partial charge is 0.339 e. The van der Waals surface area contributed by atoms with Crippen molar-refractivity contribution in [3.05, 3.63) is 59.5 Å². The van der Waals surface area contributed by atoms with Crippen molar-refractivity contribution in [3.63, 3.8) is 0 Å². The fraction of sp³-hybridized carbons (Fsp3) is 0.188. The van der Waals surface area contributed by atoms with Crippen molar-refractivity contribution in [1.82, 2.24) is 14.6 Å². The summed E-state index contributed by atoms with van der Waals surface area (Å²) in [7, 11) is 1.35. The van der Waals surface area contributed by atoms with E-state index in [0.29, 0.717) is 17.0 Å². The number of carbonyl (C=O) groups excluding carboxylic acids is 1. The van der Waals surface area contributed by atoms with Crippen LogP contribution in [0.15, 0.2) is 42.6 Å². The quantitative estimate of drug-likeness (QED) is 0.692. The summed E-state index contributed by atoms with van der Waals surface area (Å²) in [5.74, 6) is 0.976. The molecule has 0 saturated heterocycles. The Bertz CT molecular complexity index is 826. The van der Waals surface area contributed by atoms with Crippen LogP contribution in [0.4, 0.5) is 0 Å². The van der Waals surface area contributed by atoms with Gasteiger partial charge in [0.05, 0.1) is 12.7 Å². The molecule has 0 unspecified atom stereocenters. The van der Waals surface area contributed by atoms with Crippen molar-refractivity contribution in [2.45, 2.75) is 13.5 Å². The van der Waals surface area contributed by atoms with Crippen LogP contribution in [0.1, 0.15) is 21.7 Å². The van der Waals surface area contributed by atoms with E-state index in [0.717, 1.165) is 11.3 Å². The third kappa shape index (κ3) is 2.76. The summed E-state index contributed by atoms with van der Waals surface area (Å²) in [6.45, 7) is 2.26. The molecule has 0 aliphatic heterocycles. The second-order valence-electron chi connectivity index (χ2n) is 4.86. The van der Waals surface area contributed by atoms with Crippen LogP contribution in [-0.2, 0) is 11.3 Å². The van der Waals surface area contributed by atoms with E-state index < -0.39 is 5.97 Å². The van der Waals surface area contributed by atoms with Crippen molar-refractivity contribution in [1.29, 1.82) is 0 Å². The van der Waals surface area contributed by atoms with Gasteiger partial charge in [0.15, 0.2) is 11.5 Å². The van der Waals surface area contributed by atoms with Gasteiger partial charge in [-0.05, 0) is 36.8 Å². The van der Waals surface area contributed by atoms with Gasteiger partial charge < -0.3 is 9.47 Å². The average molecular weight is 297 g/mol. The monoisotopic (exact) mass is 297 g/mol. The lowest BCUT2D eigenvalue weighted by Gasteiger charge is -2.06. The van der Waals surface area contributed by atoms with Crippen LogP contribution in [0.5, 0.6) is 5.75 Å². The number of rotatable bonds is 4. The number of hydrogen-bond donors (Lipinski definition) is 0. The maximum absolute atomic E-state index is 11.6. The number of fused-ring (bicyclic) bond motifs is 1. The lowest BCUT2D eigenvalue weighted by molar-refractivity contribution is 0.0600. The van der Waals surface area contributed by atoms with Crippen LogP contribution >= 0.6 is 0 Å². The average Bonchev–Trinajstić information content (AvgIpc) is 2.94. The van der Waals surface area contributed by atoms with Gasteiger partial charge >= 0.3 is 5.97 Å². The summed E-state index contributed by atoms with van der Waals surface area (Å²) >= 11 is 0. The molecule has 0 saturated carbocycles. The second kappa shape index (κ2) is 5.85. The maximum atomic E-state index is 11.6. The minimum Gasteiger partial charge on any atom is -0.486 e. The molecular formula is C16H15N3O3. The zero-order chi connectivity index (χ0) is 15.5. The zero-order valence-corrected chi connectivity index (χ0v) is 12.3. The van der Waals surface area contributed by atoms with E-state index in [2.05, 4.69) is 10.2 Å². The van der Waals surface area contributed by atoms with E-state index in [-0.39, 0.29) is 6.61 Å². The number of aromatic nitrogens is 3. The predicted octanol–water partition coefficient (Wildman–Crippen LogP) is 2.40. The molecule has 6 nitrogen and oxygen atoms in total. The number of carbonyl (C=O) groups is 1. The van der Waals surface area contributed by atoms with Gasteiger partial charge in [0.1, 0.15) is 12.4 Å². The Labute approximate surface area is 127 Å². The number of aryl methyl sites for hydroxylation is 1. The molecule has 0 aliphatic rings. The topological polar surface area (TPSA) is 65.7 Å². The van der Waals surface area contributed by atoms with Gasteiger partial charge in [-0.15, -0.1) is 10.2 Å². The van der Waals surface area contributed by atoms with Gasteiger partial charge in [0.25, 0.3) is 0 Å². The Balaban J connectivity index is 1.85. The van der Waals surface area contributed by atoms with Gasteiger partial charge in [0.2, 0.25) is 0 Å². The van der Waals surface area contributed by atoms with Crippen LogP contribution in [0.2, 0.25) is 0 Å². The van der Waals surface area contributed by atoms with Gasteiger partial charge in [-0.3, -0.25) is 4.40 Å². The van der Waals surface area contributed by atoms with E-state index in [1.807, 2.05) is 31.2 Å². The normalized spacial score (nSPS) is 10.6. The highest BCUT2D eigenvalue weighted by Crippen LogP contribution is 2.15. The molecule has 2 heterocycles. The first-order chi connectivity index (χ1) is 10.7. The van der Waals surface area contributed by atoms with Crippen molar-refractivity contribution in [2.24, 2.45) is 0 Å². The molecule has 3 aromatic rings. The molecule has 0 bridgehead atoms. The summed E-state index contributed by atoms with van der Waals surface area (Å²) < 4.78 is 12.2. The molecule has 0 amide bonds. The van der Waals surface area contributed by atoms with E-state index in [1.54, 1.807) is 22.7 Å². The molecule has 0 spiro atoms. The number of hydrogen-bond acceptors (Lipinski definition) is 5. The van der Waals surface area contributed by atoms with E-state index in [1.165, 1.54) is 7.11 Å². The predicted molar refractivity (Wildman–Crippen MR) is 79.8 cm³/mol. The molecule has 1 aromatic carbocycles. The Morgan fingerprint density at radius 3 is 2.86 bits per heavy atom. The van der Waals surface area contributed by atoms with Gasteiger partial charge in [-0.2, -0.15) is 0 Å². The van der Waals surface area contributed by atoms with Crippen LogP contribution < -0.4 is 4.74 Å². The number of ether oxygens (including phenoxy) is 2. The van der Waals surface area contributed by atoms with Crippen LogP contribution in [-0.4, -0.2) is 27.7 Å². The van der Waals surface area contributed by atoms with Crippen LogP contribution in [0, 0.1) is 6.92 Å². The Hall–Kier alpha value is -2.89. The molecule has 0 aliphatic carbocycles. The number of methoxy groups -OCH3 is 1. The minimum atomic E-state index is -0.402. The van der Waals surface area contributed by atoms with Crippen molar-refractivity contribution < 1.29 is 14.3 Å². The lowest BCUT2D eigenvalue weighted by Crippen LogP contribution is -2.05. The van der Waals surface area contributed by atoms with Crippen molar-refractivity contribution >= 4 is 11.6 Å². The van der Waals surface area contributed by atoms with Crippen molar-refractivity contribution in [2.75, 3.05) is 7.11 Å².